The average molecular weight is 313 g/mol. The zero-order valence-corrected chi connectivity index (χ0v) is 13.5. The number of aryl methyl sites for hydroxylation is 2. The highest BCUT2D eigenvalue weighted by Gasteiger charge is 2.08. The number of amides is 1. The van der Waals surface area contributed by atoms with Crippen LogP contribution in [0.2, 0.25) is 0 Å². The third kappa shape index (κ3) is 4.05. The van der Waals surface area contributed by atoms with Crippen molar-refractivity contribution in [1.82, 2.24) is 5.32 Å². The molecule has 2 aromatic rings. The van der Waals surface area contributed by atoms with Gasteiger partial charge in [0.15, 0.2) is 5.11 Å². The summed E-state index contributed by atoms with van der Waals surface area (Å²) in [4.78, 5) is 12.1. The van der Waals surface area contributed by atoms with Crippen molar-refractivity contribution in [3.8, 4) is 0 Å². The van der Waals surface area contributed by atoms with Gasteiger partial charge in [-0.3, -0.25) is 10.1 Å². The van der Waals surface area contributed by atoms with Gasteiger partial charge in [-0.2, -0.15) is 0 Å². The van der Waals surface area contributed by atoms with E-state index in [2.05, 4.69) is 17.6 Å². The molecule has 0 fully saturated rings. The molecule has 5 heteroatoms. The maximum Gasteiger partial charge on any atom is 0.257 e. The van der Waals surface area contributed by atoms with Gasteiger partial charge in [-0.1, -0.05) is 19.1 Å². The lowest BCUT2D eigenvalue weighted by molar-refractivity contribution is 0.0977. The summed E-state index contributed by atoms with van der Waals surface area (Å²) < 4.78 is 0. The Balaban J connectivity index is 2.00. The fourth-order valence-electron chi connectivity index (χ4n) is 2.05. The molecule has 0 saturated carbocycles. The number of thiocarbonyl (C=S) groups is 1. The van der Waals surface area contributed by atoms with Crippen molar-refractivity contribution in [2.45, 2.75) is 20.3 Å². The van der Waals surface area contributed by atoms with E-state index in [4.69, 9.17) is 18.0 Å². The van der Waals surface area contributed by atoms with E-state index in [1.165, 1.54) is 5.56 Å². The summed E-state index contributed by atoms with van der Waals surface area (Å²) >= 11 is 5.18. The van der Waals surface area contributed by atoms with Crippen LogP contribution in [0.25, 0.3) is 0 Å². The number of hydrogen-bond acceptors (Lipinski definition) is 3. The predicted octanol–water partition coefficient (Wildman–Crippen LogP) is 3.27. The molecule has 0 saturated heterocycles. The Kier molecular flexibility index (Phi) is 5.12. The molecule has 0 bridgehead atoms. The van der Waals surface area contributed by atoms with Crippen molar-refractivity contribution >= 4 is 34.6 Å². The topological polar surface area (TPSA) is 67.2 Å². The summed E-state index contributed by atoms with van der Waals surface area (Å²) in [6.45, 7) is 4.00. The number of carbonyl (C=O) groups excluding carboxylic acids is 1. The Bertz CT molecular complexity index is 696. The minimum atomic E-state index is -0.228. The maximum absolute atomic E-state index is 12.1. The predicted molar refractivity (Wildman–Crippen MR) is 95.1 cm³/mol. The molecule has 0 aliphatic heterocycles. The lowest BCUT2D eigenvalue weighted by Gasteiger charge is -2.12. The lowest BCUT2D eigenvalue weighted by atomic mass is 10.1. The van der Waals surface area contributed by atoms with Gasteiger partial charge in [0.05, 0.1) is 0 Å². The van der Waals surface area contributed by atoms with Crippen LogP contribution < -0.4 is 16.4 Å². The minimum absolute atomic E-state index is 0.228. The van der Waals surface area contributed by atoms with E-state index in [9.17, 15) is 4.79 Å². The Labute approximate surface area is 135 Å². The van der Waals surface area contributed by atoms with Crippen molar-refractivity contribution in [2.75, 3.05) is 11.1 Å². The molecule has 1 amide bonds. The van der Waals surface area contributed by atoms with Gasteiger partial charge in [0, 0.05) is 16.9 Å². The van der Waals surface area contributed by atoms with Crippen LogP contribution in [0.15, 0.2) is 42.5 Å². The van der Waals surface area contributed by atoms with Crippen molar-refractivity contribution < 1.29 is 4.79 Å². The second-order valence-corrected chi connectivity index (χ2v) is 5.44. The first-order chi connectivity index (χ1) is 10.5. The van der Waals surface area contributed by atoms with Gasteiger partial charge in [0.1, 0.15) is 0 Å². The molecule has 0 spiro atoms. The van der Waals surface area contributed by atoms with Crippen LogP contribution in [0.4, 0.5) is 11.4 Å². The van der Waals surface area contributed by atoms with Gasteiger partial charge < -0.3 is 11.1 Å². The SMILES string of the molecule is CCc1ccc(C(=O)NC(=S)Nc2ccc(N)cc2C)cc1. The van der Waals surface area contributed by atoms with Crippen LogP contribution in [0.1, 0.15) is 28.4 Å². The first-order valence-corrected chi connectivity index (χ1v) is 7.48. The summed E-state index contributed by atoms with van der Waals surface area (Å²) in [5, 5.41) is 5.94. The molecule has 0 aliphatic rings. The number of nitrogen functional groups attached to an aromatic ring is 1. The standard InChI is InChI=1S/C17H19N3OS/c1-3-12-4-6-13(7-5-12)16(21)20-17(22)19-15-9-8-14(18)10-11(15)2/h4-10H,3,18H2,1-2H3,(H2,19,20,21,22). The highest BCUT2D eigenvalue weighted by Crippen LogP contribution is 2.17. The van der Waals surface area contributed by atoms with Crippen LogP contribution in [0, 0.1) is 6.92 Å². The molecule has 4 N–H and O–H groups in total. The molecule has 114 valence electrons. The molecule has 0 aliphatic carbocycles. The number of nitrogens with one attached hydrogen (secondary N) is 2. The molecule has 0 atom stereocenters. The monoisotopic (exact) mass is 313 g/mol. The van der Waals surface area contributed by atoms with E-state index in [0.717, 1.165) is 17.7 Å². The first kappa shape index (κ1) is 16.0. The van der Waals surface area contributed by atoms with Crippen molar-refractivity contribution in [3.63, 3.8) is 0 Å². The van der Waals surface area contributed by atoms with E-state index in [0.29, 0.717) is 11.3 Å². The Morgan fingerprint density at radius 2 is 1.86 bits per heavy atom. The molecule has 0 unspecified atom stereocenters. The third-order valence-corrected chi connectivity index (χ3v) is 3.55. The van der Waals surface area contributed by atoms with Crippen molar-refractivity contribution in [2.24, 2.45) is 0 Å². The number of anilines is 2. The number of nitrogens with two attached hydrogens (primary N) is 1. The summed E-state index contributed by atoms with van der Waals surface area (Å²) in [6, 6.07) is 12.9. The quantitative estimate of drug-likeness (QED) is 0.601. The molecule has 2 rings (SSSR count). The molecule has 2 aromatic carbocycles. The highest BCUT2D eigenvalue weighted by atomic mass is 32.1. The molecule has 0 heterocycles. The Morgan fingerprint density at radius 3 is 2.45 bits per heavy atom. The molecule has 0 aromatic heterocycles. The average Bonchev–Trinajstić information content (AvgIpc) is 2.50. The van der Waals surface area contributed by atoms with Gasteiger partial charge in [-0.05, 0) is 67.0 Å². The Hall–Kier alpha value is -2.40. The van der Waals surface area contributed by atoms with Crippen molar-refractivity contribution in [1.29, 1.82) is 0 Å². The molecule has 4 nitrogen and oxygen atoms in total. The zero-order chi connectivity index (χ0) is 16.1. The molecule has 22 heavy (non-hydrogen) atoms. The largest absolute Gasteiger partial charge is 0.399 e. The Morgan fingerprint density at radius 1 is 1.18 bits per heavy atom. The molecule has 0 radical (unpaired) electrons. The van der Waals surface area contributed by atoms with Crippen LogP contribution in [0.5, 0.6) is 0 Å². The van der Waals surface area contributed by atoms with Gasteiger partial charge in [0.2, 0.25) is 0 Å². The fraction of sp³-hybridized carbons (Fsp3) is 0.176. The van der Waals surface area contributed by atoms with E-state index >= 15 is 0 Å². The summed E-state index contributed by atoms with van der Waals surface area (Å²) in [7, 11) is 0. The van der Waals surface area contributed by atoms with Crippen LogP contribution >= 0.6 is 12.2 Å². The summed E-state index contributed by atoms with van der Waals surface area (Å²) in [6.07, 6.45) is 0.943. The van der Waals surface area contributed by atoms with Crippen LogP contribution in [-0.2, 0) is 6.42 Å². The van der Waals surface area contributed by atoms with Crippen LogP contribution in [0.3, 0.4) is 0 Å². The van der Waals surface area contributed by atoms with Gasteiger partial charge >= 0.3 is 0 Å². The van der Waals surface area contributed by atoms with Gasteiger partial charge in [-0.25, -0.2) is 0 Å². The second-order valence-electron chi connectivity index (χ2n) is 5.03. The lowest BCUT2D eigenvalue weighted by Crippen LogP contribution is -2.34. The van der Waals surface area contributed by atoms with E-state index in [1.807, 2.05) is 31.2 Å². The number of rotatable bonds is 3. The van der Waals surface area contributed by atoms with Gasteiger partial charge in [0.25, 0.3) is 5.91 Å². The maximum atomic E-state index is 12.1. The summed E-state index contributed by atoms with van der Waals surface area (Å²) in [5.74, 6) is -0.228. The zero-order valence-electron chi connectivity index (χ0n) is 12.6. The van der Waals surface area contributed by atoms with E-state index in [1.54, 1.807) is 18.2 Å². The van der Waals surface area contributed by atoms with Crippen LogP contribution in [-0.4, -0.2) is 11.0 Å². The number of hydrogen-bond donors (Lipinski definition) is 3. The smallest absolute Gasteiger partial charge is 0.257 e. The first-order valence-electron chi connectivity index (χ1n) is 7.07. The second kappa shape index (κ2) is 7.04. The molecular formula is C17H19N3OS. The number of benzene rings is 2. The normalized spacial score (nSPS) is 10.1. The van der Waals surface area contributed by atoms with Gasteiger partial charge in [-0.15, -0.1) is 0 Å². The van der Waals surface area contributed by atoms with Crippen molar-refractivity contribution in [3.05, 3.63) is 59.2 Å². The molecular weight excluding hydrogens is 294 g/mol. The number of carbonyl (C=O) groups is 1. The summed E-state index contributed by atoms with van der Waals surface area (Å²) in [5.41, 5.74) is 9.95. The van der Waals surface area contributed by atoms with E-state index < -0.39 is 0 Å². The highest BCUT2D eigenvalue weighted by molar-refractivity contribution is 7.80. The minimum Gasteiger partial charge on any atom is -0.399 e. The third-order valence-electron chi connectivity index (χ3n) is 3.35. The van der Waals surface area contributed by atoms with E-state index in [-0.39, 0.29) is 11.0 Å². The fourth-order valence-corrected chi connectivity index (χ4v) is 2.25.